The Morgan fingerprint density at radius 3 is 1.71 bits per heavy atom. The molecule has 4 aliphatic heterocycles. The van der Waals surface area contributed by atoms with E-state index in [1.807, 2.05) is 6.26 Å². The van der Waals surface area contributed by atoms with E-state index in [9.17, 15) is 36.5 Å². The molecule has 4 heterocycles. The number of amides is 3. The number of hydrogen-bond acceptors (Lipinski definition) is 16. The first kappa shape index (κ1) is 48.7. The van der Waals surface area contributed by atoms with Crippen molar-refractivity contribution in [3.63, 3.8) is 0 Å². The molecule has 0 radical (unpaired) electrons. The van der Waals surface area contributed by atoms with E-state index in [1.54, 1.807) is 28.6 Å². The summed E-state index contributed by atoms with van der Waals surface area (Å²) in [7, 11) is 4.35. The van der Waals surface area contributed by atoms with Gasteiger partial charge in [-0.25, -0.2) is 8.37 Å². The SMILES string of the molecule is C=C1C[C@@H]2C(OS(=O)O)Nc3cc(OCCP(=O)(CCOc4cc5c(cc4OC)C(=O)N4CC(=C)C[C@H]4C(OS(=O)O)N5)CN(C)C(=O)CCCSSC)c(OC)cc3C(=O)N2C1. The summed E-state index contributed by atoms with van der Waals surface area (Å²) in [4.78, 5) is 45.2. The molecule has 0 aliphatic carbocycles. The number of carbonyl (C=O) groups excluding carboxylic acids is 3. The first-order valence-electron chi connectivity index (χ1n) is 19.7. The number of methoxy groups -OCH3 is 2. The van der Waals surface area contributed by atoms with Crippen LogP contribution in [0.25, 0.3) is 0 Å². The number of benzene rings is 2. The Balaban J connectivity index is 1.21. The van der Waals surface area contributed by atoms with Gasteiger partial charge in [-0.05, 0) is 37.7 Å². The van der Waals surface area contributed by atoms with Crippen LogP contribution in [-0.2, 0) is 40.4 Å². The molecule has 7 atom stereocenters. The molecular formula is C39H52N5O14PS4. The van der Waals surface area contributed by atoms with E-state index < -0.39 is 54.4 Å². The van der Waals surface area contributed by atoms with Crippen LogP contribution < -0.4 is 29.6 Å². The summed E-state index contributed by atoms with van der Waals surface area (Å²) in [5, 5.41) is 6.14. The van der Waals surface area contributed by atoms with Crippen molar-refractivity contribution >= 4 is 80.5 Å². The summed E-state index contributed by atoms with van der Waals surface area (Å²) in [6, 6.07) is 4.84. The monoisotopic (exact) mass is 973 g/mol. The molecular weight excluding hydrogens is 922 g/mol. The van der Waals surface area contributed by atoms with Crippen molar-refractivity contribution in [3.8, 4) is 23.0 Å². The Bertz CT molecular complexity index is 2070. The highest BCUT2D eigenvalue weighted by molar-refractivity contribution is 8.76. The molecule has 2 aromatic rings. The lowest BCUT2D eigenvalue weighted by Crippen LogP contribution is -2.45. The summed E-state index contributed by atoms with van der Waals surface area (Å²) in [5.41, 5.74) is 2.51. The molecule has 4 N–H and O–H groups in total. The van der Waals surface area contributed by atoms with Crippen LogP contribution in [0.4, 0.5) is 11.4 Å². The topological polar surface area (TPSA) is 232 Å². The van der Waals surface area contributed by atoms with E-state index in [0.29, 0.717) is 19.3 Å². The van der Waals surface area contributed by atoms with Crippen LogP contribution in [0.5, 0.6) is 23.0 Å². The maximum Gasteiger partial charge on any atom is 0.304 e. The van der Waals surface area contributed by atoms with Crippen molar-refractivity contribution in [3.05, 3.63) is 59.7 Å². The zero-order valence-corrected chi connectivity index (χ0v) is 39.4. The van der Waals surface area contributed by atoms with Crippen LogP contribution in [0.15, 0.2) is 48.6 Å². The minimum absolute atomic E-state index is 0.00664. The van der Waals surface area contributed by atoms with E-state index >= 15 is 0 Å². The molecule has 0 saturated carbocycles. The molecule has 2 fully saturated rings. The van der Waals surface area contributed by atoms with Gasteiger partial charge in [-0.3, -0.25) is 23.5 Å². The van der Waals surface area contributed by atoms with Crippen molar-refractivity contribution in [2.24, 2.45) is 0 Å². The third kappa shape index (κ3) is 11.7. The lowest BCUT2D eigenvalue weighted by molar-refractivity contribution is -0.129. The van der Waals surface area contributed by atoms with Crippen molar-refractivity contribution < 1.29 is 63.8 Å². The number of anilines is 2. The number of nitrogens with one attached hydrogen (secondary N) is 2. The van der Waals surface area contributed by atoms with E-state index in [-0.39, 0.29) is 115 Å². The normalized spacial score (nSPS) is 22.3. The van der Waals surface area contributed by atoms with Crippen molar-refractivity contribution in [1.82, 2.24) is 14.7 Å². The predicted molar refractivity (Wildman–Crippen MR) is 243 cm³/mol. The van der Waals surface area contributed by atoms with Gasteiger partial charge in [0, 0.05) is 56.8 Å². The van der Waals surface area contributed by atoms with Crippen LogP contribution in [0.3, 0.4) is 0 Å². The largest absolute Gasteiger partial charge is 0.493 e. The fourth-order valence-corrected chi connectivity index (χ4v) is 12.3. The highest BCUT2D eigenvalue weighted by Gasteiger charge is 2.44. The van der Waals surface area contributed by atoms with Gasteiger partial charge in [0.2, 0.25) is 5.91 Å². The maximum absolute atomic E-state index is 14.9. The Morgan fingerprint density at radius 2 is 1.30 bits per heavy atom. The minimum atomic E-state index is -3.33. The second-order valence-electron chi connectivity index (χ2n) is 15.3. The molecule has 63 heavy (non-hydrogen) atoms. The zero-order chi connectivity index (χ0) is 45.6. The van der Waals surface area contributed by atoms with Gasteiger partial charge in [0.15, 0.2) is 35.5 Å². The molecule has 3 amide bonds. The highest BCUT2D eigenvalue weighted by atomic mass is 33.1. The second kappa shape index (κ2) is 21.5. The van der Waals surface area contributed by atoms with Gasteiger partial charge in [-0.1, -0.05) is 45.9 Å². The van der Waals surface area contributed by atoms with Crippen molar-refractivity contribution in [2.45, 2.75) is 50.2 Å². The molecule has 0 aromatic heterocycles. The van der Waals surface area contributed by atoms with Crippen LogP contribution >= 0.6 is 28.7 Å². The Kier molecular flexibility index (Phi) is 16.6. The number of rotatable bonds is 21. The molecule has 346 valence electrons. The quantitative estimate of drug-likeness (QED) is 0.0420. The number of ether oxygens (including phenoxy) is 4. The molecule has 0 spiro atoms. The lowest BCUT2D eigenvalue weighted by Gasteiger charge is -2.27. The summed E-state index contributed by atoms with van der Waals surface area (Å²) in [6.07, 6.45) is 1.40. The third-order valence-corrected chi connectivity index (χ3v) is 16.6. The summed E-state index contributed by atoms with van der Waals surface area (Å²) >= 11 is -5.30. The van der Waals surface area contributed by atoms with E-state index in [1.165, 1.54) is 53.2 Å². The number of carbonyl (C=O) groups is 3. The maximum atomic E-state index is 14.9. The Morgan fingerprint density at radius 1 is 0.841 bits per heavy atom. The standard InChI is InChI=1S/C39H52N5O14PS4/c1-23-14-29-36(57-62(49)50)40-27-18-33(31(53-4)16-25(27)38(46)43(29)20-23)55-9-11-59(48,22-42(3)35(45)8-7-13-61-60-6)12-10-56-34-19-28-26(17-32(34)54-5)39(47)44-21-24(2)15-30(44)37(41-28)58-63(51)52/h16-19,29-30,36-37,40-41H,1-2,7-15,20-22H2,3-6H3,(H,49,50)(H,51,52)/t29-,30+,36?,37?,59?. The van der Waals surface area contributed by atoms with Crippen LogP contribution in [0.2, 0.25) is 0 Å². The predicted octanol–water partition coefficient (Wildman–Crippen LogP) is 5.08. The smallest absolute Gasteiger partial charge is 0.304 e. The van der Waals surface area contributed by atoms with Gasteiger partial charge in [-0.15, -0.1) is 0 Å². The molecule has 24 heteroatoms. The zero-order valence-electron chi connectivity index (χ0n) is 35.2. The summed E-state index contributed by atoms with van der Waals surface area (Å²) in [6.45, 7) is 8.25. The number of hydrogen-bond donors (Lipinski definition) is 4. The van der Waals surface area contributed by atoms with Crippen LogP contribution in [-0.4, -0.2) is 153 Å². The van der Waals surface area contributed by atoms with Gasteiger partial charge in [-0.2, -0.15) is 8.42 Å². The lowest BCUT2D eigenvalue weighted by atomic mass is 10.1. The minimum Gasteiger partial charge on any atom is -0.493 e. The molecule has 2 aromatic carbocycles. The summed E-state index contributed by atoms with van der Waals surface area (Å²) < 4.78 is 91.8. The third-order valence-electron chi connectivity index (χ3n) is 11.0. The van der Waals surface area contributed by atoms with Gasteiger partial charge < -0.3 is 48.8 Å². The van der Waals surface area contributed by atoms with Crippen LogP contribution in [0, 0.1) is 0 Å². The second-order valence-corrected chi connectivity index (χ2v) is 22.5. The first-order chi connectivity index (χ1) is 30.0. The van der Waals surface area contributed by atoms with E-state index in [2.05, 4.69) is 23.8 Å². The molecule has 4 aliphatic rings. The van der Waals surface area contributed by atoms with Gasteiger partial charge >= 0.3 is 22.7 Å². The first-order valence-corrected chi connectivity index (χ1v) is 26.8. The van der Waals surface area contributed by atoms with E-state index in [4.69, 9.17) is 27.3 Å². The van der Waals surface area contributed by atoms with E-state index in [0.717, 1.165) is 16.9 Å². The van der Waals surface area contributed by atoms with Gasteiger partial charge in [0.25, 0.3) is 11.8 Å². The Hall–Kier alpha value is -3.80. The number of nitrogens with zero attached hydrogens (tertiary/aromatic N) is 3. The fraction of sp³-hybridized carbons (Fsp3) is 0.513. The van der Waals surface area contributed by atoms with Gasteiger partial charge in [0.1, 0.15) is 7.14 Å². The average Bonchev–Trinajstić information content (AvgIpc) is 3.78. The summed E-state index contributed by atoms with van der Waals surface area (Å²) in [5.74, 6) is 0.701. The van der Waals surface area contributed by atoms with Crippen LogP contribution in [0.1, 0.15) is 46.4 Å². The average molecular weight is 974 g/mol. The van der Waals surface area contributed by atoms with Gasteiger partial charge in [0.05, 0.1) is 68.3 Å². The number of fused-ring (bicyclic) bond motifs is 4. The van der Waals surface area contributed by atoms with Crippen molar-refractivity contribution in [1.29, 1.82) is 0 Å². The molecule has 5 unspecified atom stereocenters. The molecule has 2 saturated heterocycles. The molecule has 19 nitrogen and oxygen atoms in total. The molecule has 0 bridgehead atoms. The molecule has 6 rings (SSSR count). The Labute approximate surface area is 379 Å². The highest BCUT2D eigenvalue weighted by Crippen LogP contribution is 2.47. The van der Waals surface area contributed by atoms with Crippen molar-refractivity contribution in [2.75, 3.05) is 88.8 Å². The fourth-order valence-electron chi connectivity index (χ4n) is 7.98.